The van der Waals surface area contributed by atoms with Crippen LogP contribution in [0.4, 0.5) is 24.8 Å². The molecule has 0 saturated carbocycles. The van der Waals surface area contributed by atoms with Crippen molar-refractivity contribution in [1.29, 1.82) is 0 Å². The van der Waals surface area contributed by atoms with Gasteiger partial charge in [-0.3, -0.25) is 9.59 Å². The molecule has 1 aromatic carbocycles. The Hall–Kier alpha value is -4.52. The van der Waals surface area contributed by atoms with E-state index in [0.29, 0.717) is 37.5 Å². The van der Waals surface area contributed by atoms with Crippen LogP contribution in [0.3, 0.4) is 0 Å². The summed E-state index contributed by atoms with van der Waals surface area (Å²) in [6.45, 7) is 4.26. The predicted octanol–water partition coefficient (Wildman–Crippen LogP) is 4.46. The second kappa shape index (κ2) is 11.0. The van der Waals surface area contributed by atoms with E-state index in [1.54, 1.807) is 28.8 Å². The van der Waals surface area contributed by atoms with Crippen molar-refractivity contribution in [3.63, 3.8) is 0 Å². The Bertz CT molecular complexity index is 1680. The number of alkyl halides is 3. The summed E-state index contributed by atoms with van der Waals surface area (Å²) < 4.78 is 46.2. The van der Waals surface area contributed by atoms with Crippen molar-refractivity contribution in [1.82, 2.24) is 24.5 Å². The van der Waals surface area contributed by atoms with Crippen molar-refractivity contribution in [2.24, 2.45) is 11.3 Å². The number of nitrogens with zero attached hydrogens (tertiary/aromatic N) is 5. The summed E-state index contributed by atoms with van der Waals surface area (Å²) in [5.41, 5.74) is 8.29. The zero-order chi connectivity index (χ0) is 30.4. The number of hydrogen-bond donors (Lipinski definition) is 2. The lowest BCUT2D eigenvalue weighted by Crippen LogP contribution is -2.55. The summed E-state index contributed by atoms with van der Waals surface area (Å²) in [6, 6.07) is 10.3. The number of pyridine rings is 1. The highest BCUT2D eigenvalue weighted by Gasteiger charge is 2.44. The monoisotopic (exact) mass is 593 g/mol. The van der Waals surface area contributed by atoms with E-state index in [1.807, 2.05) is 17.9 Å². The average Bonchev–Trinajstić information content (AvgIpc) is 3.35. The molecule has 0 spiro atoms. The molecule has 43 heavy (non-hydrogen) atoms. The Balaban J connectivity index is 1.22. The number of fused-ring (bicyclic) bond motifs is 1. The molecule has 3 N–H and O–H groups in total. The Labute approximate surface area is 245 Å². The molecule has 10 nitrogen and oxygen atoms in total. The number of benzene rings is 1. The van der Waals surface area contributed by atoms with Crippen LogP contribution in [0.5, 0.6) is 0 Å². The third-order valence-corrected chi connectivity index (χ3v) is 8.11. The summed E-state index contributed by atoms with van der Waals surface area (Å²) in [4.78, 5) is 35.8. The number of anilines is 2. The first-order chi connectivity index (χ1) is 20.5. The third kappa shape index (κ3) is 5.64. The first-order valence-electron chi connectivity index (χ1n) is 13.9. The lowest BCUT2D eigenvalue weighted by molar-refractivity contribution is -0.170. The average molecular weight is 594 g/mol. The summed E-state index contributed by atoms with van der Waals surface area (Å²) in [5, 5.41) is 6.88. The van der Waals surface area contributed by atoms with E-state index in [9.17, 15) is 22.8 Å². The van der Waals surface area contributed by atoms with Gasteiger partial charge in [0, 0.05) is 36.1 Å². The van der Waals surface area contributed by atoms with Gasteiger partial charge in [-0.25, -0.2) is 14.5 Å². The quantitative estimate of drug-likeness (QED) is 0.338. The van der Waals surface area contributed by atoms with Crippen LogP contribution in [0.2, 0.25) is 0 Å². The van der Waals surface area contributed by atoms with E-state index < -0.39 is 23.1 Å². The summed E-state index contributed by atoms with van der Waals surface area (Å²) in [6.07, 6.45) is 0.422. The van der Waals surface area contributed by atoms with Crippen molar-refractivity contribution >= 4 is 29.0 Å². The van der Waals surface area contributed by atoms with Crippen molar-refractivity contribution in [3.05, 3.63) is 71.8 Å². The Morgan fingerprint density at radius 2 is 1.91 bits per heavy atom. The van der Waals surface area contributed by atoms with Gasteiger partial charge in [0.1, 0.15) is 17.7 Å². The fourth-order valence-corrected chi connectivity index (χ4v) is 5.79. The van der Waals surface area contributed by atoms with Gasteiger partial charge in [-0.15, -0.1) is 0 Å². The molecule has 1 unspecified atom stereocenters. The molecule has 4 aromatic rings. The van der Waals surface area contributed by atoms with E-state index >= 15 is 0 Å². The molecule has 0 bridgehead atoms. The Morgan fingerprint density at radius 1 is 1.14 bits per heavy atom. The molecule has 0 aliphatic carbocycles. The Morgan fingerprint density at radius 3 is 2.60 bits per heavy atom. The minimum Gasteiger partial charge on any atom is -0.382 e. The summed E-state index contributed by atoms with van der Waals surface area (Å²) in [7, 11) is 0. The Kier molecular flexibility index (Phi) is 7.28. The molecule has 2 aliphatic heterocycles. The summed E-state index contributed by atoms with van der Waals surface area (Å²) >= 11 is 0. The van der Waals surface area contributed by atoms with Crippen LogP contribution in [0, 0.1) is 11.3 Å². The topological polar surface area (TPSA) is 128 Å². The molecular formula is C30H30F3N7O3. The number of piperidine rings is 1. The number of nitrogens with one attached hydrogen (secondary N) is 1. The number of carbonyl (C=O) groups is 2. The normalized spacial score (nSPS) is 18.3. The minimum absolute atomic E-state index is 0.142. The van der Waals surface area contributed by atoms with Crippen molar-refractivity contribution in [2.45, 2.75) is 32.4 Å². The zero-order valence-electron chi connectivity index (χ0n) is 23.4. The van der Waals surface area contributed by atoms with Gasteiger partial charge in [0.25, 0.3) is 5.91 Å². The van der Waals surface area contributed by atoms with E-state index in [1.165, 1.54) is 6.33 Å². The lowest BCUT2D eigenvalue weighted by Gasteiger charge is -2.43. The molecule has 1 atom stereocenters. The SMILES string of the molecule is CC1(C(=O)N2CCCC(Cc3cc(-c4ccc(C(=O)Nc5cc(C(F)(F)F)ccn5)cc4)c4c(N)ncnn34)C2)COC1. The lowest BCUT2D eigenvalue weighted by atomic mass is 9.85. The van der Waals surface area contributed by atoms with Crippen LogP contribution in [0.25, 0.3) is 16.6 Å². The highest BCUT2D eigenvalue weighted by molar-refractivity contribution is 6.04. The predicted molar refractivity (Wildman–Crippen MR) is 152 cm³/mol. The van der Waals surface area contributed by atoms with Crippen LogP contribution in [-0.4, -0.2) is 62.6 Å². The maximum Gasteiger partial charge on any atom is 0.416 e. The zero-order valence-corrected chi connectivity index (χ0v) is 23.4. The molecule has 13 heteroatoms. The highest BCUT2D eigenvalue weighted by Crippen LogP contribution is 2.35. The van der Waals surface area contributed by atoms with E-state index in [2.05, 4.69) is 20.4 Å². The van der Waals surface area contributed by atoms with Crippen LogP contribution in [-0.2, 0) is 22.1 Å². The number of ether oxygens (including phenoxy) is 1. The van der Waals surface area contributed by atoms with Crippen molar-refractivity contribution in [3.8, 4) is 11.1 Å². The molecule has 5 heterocycles. The number of rotatable bonds is 6. The summed E-state index contributed by atoms with van der Waals surface area (Å²) in [5.74, 6) is -0.118. The van der Waals surface area contributed by atoms with E-state index in [-0.39, 0.29) is 23.2 Å². The number of amides is 2. The van der Waals surface area contributed by atoms with Gasteiger partial charge >= 0.3 is 6.18 Å². The van der Waals surface area contributed by atoms with Gasteiger partial charge in [0.2, 0.25) is 5.91 Å². The third-order valence-electron chi connectivity index (χ3n) is 8.11. The molecule has 6 rings (SSSR count). The molecule has 2 amide bonds. The number of likely N-dealkylation sites (tertiary alicyclic amines) is 1. The van der Waals surface area contributed by atoms with Gasteiger partial charge in [-0.05, 0) is 68.0 Å². The van der Waals surface area contributed by atoms with Crippen molar-refractivity contribution < 1.29 is 27.5 Å². The van der Waals surface area contributed by atoms with Crippen LogP contribution in [0.15, 0.2) is 55.0 Å². The second-order valence-corrected chi connectivity index (χ2v) is 11.4. The number of carbonyl (C=O) groups excluding carboxylic acids is 2. The number of nitrogens with two attached hydrogens (primary N) is 1. The fraction of sp³-hybridized carbons (Fsp3) is 0.367. The first kappa shape index (κ1) is 28.6. The van der Waals surface area contributed by atoms with Gasteiger partial charge in [0.15, 0.2) is 5.82 Å². The molecule has 0 radical (unpaired) electrons. The maximum absolute atomic E-state index is 13.1. The molecular weight excluding hydrogens is 563 g/mol. The van der Waals surface area contributed by atoms with E-state index in [4.69, 9.17) is 10.5 Å². The number of hydrogen-bond acceptors (Lipinski definition) is 7. The largest absolute Gasteiger partial charge is 0.416 e. The smallest absolute Gasteiger partial charge is 0.382 e. The molecule has 3 aromatic heterocycles. The first-order valence-corrected chi connectivity index (χ1v) is 13.9. The van der Waals surface area contributed by atoms with Crippen LogP contribution in [0.1, 0.15) is 41.4 Å². The maximum atomic E-state index is 13.1. The van der Waals surface area contributed by atoms with Crippen molar-refractivity contribution in [2.75, 3.05) is 37.4 Å². The minimum atomic E-state index is -4.55. The molecule has 224 valence electrons. The van der Waals surface area contributed by atoms with E-state index in [0.717, 1.165) is 54.5 Å². The van der Waals surface area contributed by atoms with Gasteiger partial charge in [0.05, 0.1) is 24.2 Å². The van der Waals surface area contributed by atoms with Gasteiger partial charge in [-0.2, -0.15) is 18.3 Å². The highest BCUT2D eigenvalue weighted by atomic mass is 19.4. The second-order valence-electron chi connectivity index (χ2n) is 11.4. The number of halogens is 3. The fourth-order valence-electron chi connectivity index (χ4n) is 5.79. The number of aromatic nitrogens is 4. The molecule has 2 saturated heterocycles. The van der Waals surface area contributed by atoms with Crippen LogP contribution < -0.4 is 11.1 Å². The van der Waals surface area contributed by atoms with Gasteiger partial charge < -0.3 is 20.7 Å². The van der Waals surface area contributed by atoms with Gasteiger partial charge in [-0.1, -0.05) is 12.1 Å². The molecule has 2 aliphatic rings. The molecule has 2 fully saturated rings. The standard InChI is InChI=1S/C30H30F3N7O3/c1-29(15-43-16-29)28(42)39-10-2-3-18(14-39)11-22-13-23(25-26(34)36-17-37-40(22)25)19-4-6-20(7-5-19)27(41)38-24-12-21(8-9-35-24)30(31,32)33/h4-9,12-13,17-18H,2-3,10-11,14-16H2,1H3,(H2,34,36,37)(H,35,38,41). The number of nitrogen functional groups attached to an aromatic ring is 1. The van der Waals surface area contributed by atoms with Crippen LogP contribution >= 0.6 is 0 Å².